The van der Waals surface area contributed by atoms with E-state index in [4.69, 9.17) is 0 Å². The number of nitrogens with zero attached hydrogens (tertiary/aromatic N) is 1. The molecule has 0 amide bonds. The van der Waals surface area contributed by atoms with Crippen LogP contribution in [0.25, 0.3) is 33.5 Å². The molecule has 1 heteroatoms. The van der Waals surface area contributed by atoms with Crippen molar-refractivity contribution in [3.8, 4) is 22.3 Å². The van der Waals surface area contributed by atoms with Gasteiger partial charge in [0.25, 0.3) is 0 Å². The van der Waals surface area contributed by atoms with Crippen molar-refractivity contribution >= 4 is 17.0 Å². The first kappa shape index (κ1) is 26.1. The standard InChI is InChI=1S/C39H39N/c1-7-14-32-28(6)36-19-20-37(40(36)38-22-27(5)26(4)21-35(32)38)39-33(29-15-10-8-11-16-29)23-31(25(2)3)24-34(39)30-17-12-9-13-18-30/h7-18,20-25,36H,19H2,1-6H3. The Morgan fingerprint density at radius 2 is 1.32 bits per heavy atom. The van der Waals surface area contributed by atoms with E-state index in [1.165, 1.54) is 72.6 Å². The molecule has 0 radical (unpaired) electrons. The first-order chi connectivity index (χ1) is 19.4. The topological polar surface area (TPSA) is 3.24 Å². The number of benzene rings is 4. The highest BCUT2D eigenvalue weighted by atomic mass is 15.2. The van der Waals surface area contributed by atoms with Gasteiger partial charge in [0.1, 0.15) is 0 Å². The van der Waals surface area contributed by atoms with Crippen LogP contribution in [0.15, 0.2) is 109 Å². The molecule has 0 saturated carbocycles. The maximum atomic E-state index is 2.65. The van der Waals surface area contributed by atoms with E-state index in [1.54, 1.807) is 0 Å². The summed E-state index contributed by atoms with van der Waals surface area (Å²) in [5, 5.41) is 0. The third kappa shape index (κ3) is 4.34. The van der Waals surface area contributed by atoms with Gasteiger partial charge in [0, 0.05) is 22.5 Å². The smallest absolute Gasteiger partial charge is 0.0593 e. The van der Waals surface area contributed by atoms with Gasteiger partial charge >= 0.3 is 0 Å². The van der Waals surface area contributed by atoms with Gasteiger partial charge in [-0.1, -0.05) is 105 Å². The Hall–Kier alpha value is -4.10. The van der Waals surface area contributed by atoms with Gasteiger partial charge < -0.3 is 4.90 Å². The lowest BCUT2D eigenvalue weighted by Crippen LogP contribution is -2.34. The van der Waals surface area contributed by atoms with Gasteiger partial charge in [0.15, 0.2) is 0 Å². The molecule has 40 heavy (non-hydrogen) atoms. The predicted molar refractivity (Wildman–Crippen MR) is 174 cm³/mol. The number of aryl methyl sites for hydroxylation is 2. The molecule has 0 aliphatic carbocycles. The Balaban J connectivity index is 1.66. The lowest BCUT2D eigenvalue weighted by Gasteiger charge is -2.39. The second kappa shape index (κ2) is 10.5. The van der Waals surface area contributed by atoms with Crippen molar-refractivity contribution in [2.75, 3.05) is 4.90 Å². The van der Waals surface area contributed by atoms with Crippen LogP contribution in [0.3, 0.4) is 0 Å². The molecule has 0 N–H and O–H groups in total. The Morgan fingerprint density at radius 3 is 1.88 bits per heavy atom. The summed E-state index contributed by atoms with van der Waals surface area (Å²) < 4.78 is 0. The molecule has 200 valence electrons. The lowest BCUT2D eigenvalue weighted by atomic mass is 9.84. The molecule has 4 aromatic rings. The molecule has 2 aliphatic rings. The molecule has 6 rings (SSSR count). The largest absolute Gasteiger partial charge is 0.333 e. The van der Waals surface area contributed by atoms with E-state index in [-0.39, 0.29) is 0 Å². The molecule has 0 aromatic heterocycles. The summed E-state index contributed by atoms with van der Waals surface area (Å²) in [4.78, 5) is 2.65. The average Bonchev–Trinajstić information content (AvgIpc) is 3.42. The highest BCUT2D eigenvalue weighted by molar-refractivity contribution is 6.02. The van der Waals surface area contributed by atoms with E-state index < -0.39 is 0 Å². The van der Waals surface area contributed by atoms with Gasteiger partial charge in [-0.2, -0.15) is 0 Å². The quantitative estimate of drug-likeness (QED) is 0.252. The summed E-state index contributed by atoms with van der Waals surface area (Å²) >= 11 is 0. The van der Waals surface area contributed by atoms with Crippen molar-refractivity contribution in [3.05, 3.63) is 137 Å². The van der Waals surface area contributed by atoms with Crippen LogP contribution in [0.5, 0.6) is 0 Å². The van der Waals surface area contributed by atoms with Gasteiger partial charge in [0.05, 0.1) is 6.04 Å². The Labute approximate surface area is 240 Å². The monoisotopic (exact) mass is 521 g/mol. The molecular weight excluding hydrogens is 482 g/mol. The lowest BCUT2D eigenvalue weighted by molar-refractivity contribution is 0.782. The number of fused-ring (bicyclic) bond motifs is 3. The zero-order valence-corrected chi connectivity index (χ0v) is 24.6. The van der Waals surface area contributed by atoms with Crippen LogP contribution < -0.4 is 4.90 Å². The fraction of sp³-hybridized carbons (Fsp3) is 0.231. The van der Waals surface area contributed by atoms with Crippen LogP contribution >= 0.6 is 0 Å². The summed E-state index contributed by atoms with van der Waals surface area (Å²) in [5.74, 6) is 0.430. The molecule has 1 atom stereocenters. The van der Waals surface area contributed by atoms with E-state index in [9.17, 15) is 0 Å². The summed E-state index contributed by atoms with van der Waals surface area (Å²) in [6, 6.07) is 31.9. The van der Waals surface area contributed by atoms with E-state index in [0.717, 1.165) is 6.42 Å². The third-order valence-corrected chi connectivity index (χ3v) is 8.78. The fourth-order valence-corrected chi connectivity index (χ4v) is 6.45. The highest BCUT2D eigenvalue weighted by Gasteiger charge is 2.38. The Kier molecular flexibility index (Phi) is 6.84. The zero-order valence-electron chi connectivity index (χ0n) is 24.6. The summed E-state index contributed by atoms with van der Waals surface area (Å²) in [6.07, 6.45) is 7.99. The summed E-state index contributed by atoms with van der Waals surface area (Å²) in [7, 11) is 0. The highest BCUT2D eigenvalue weighted by Crippen LogP contribution is 2.51. The molecule has 1 nitrogen and oxygen atoms in total. The molecule has 0 fully saturated rings. The number of anilines is 1. The van der Waals surface area contributed by atoms with Crippen molar-refractivity contribution in [1.82, 2.24) is 0 Å². The first-order valence-electron chi connectivity index (χ1n) is 14.6. The minimum atomic E-state index is 0.313. The van der Waals surface area contributed by atoms with Crippen LogP contribution in [-0.4, -0.2) is 6.04 Å². The third-order valence-electron chi connectivity index (χ3n) is 8.78. The van der Waals surface area contributed by atoms with Crippen molar-refractivity contribution < 1.29 is 0 Å². The Morgan fingerprint density at radius 1 is 0.750 bits per heavy atom. The average molecular weight is 522 g/mol. The molecule has 0 saturated heterocycles. The summed E-state index contributed by atoms with van der Waals surface area (Å²) in [5.41, 5.74) is 17.3. The van der Waals surface area contributed by atoms with Gasteiger partial charge in [-0.05, 0) is 102 Å². The van der Waals surface area contributed by atoms with Crippen LogP contribution in [0.4, 0.5) is 5.69 Å². The van der Waals surface area contributed by atoms with Gasteiger partial charge in [-0.15, -0.1) is 0 Å². The molecule has 2 aliphatic heterocycles. The van der Waals surface area contributed by atoms with Gasteiger partial charge in [-0.3, -0.25) is 0 Å². The molecular formula is C39H39N. The van der Waals surface area contributed by atoms with Gasteiger partial charge in [0.2, 0.25) is 0 Å². The van der Waals surface area contributed by atoms with Crippen molar-refractivity contribution in [2.24, 2.45) is 0 Å². The van der Waals surface area contributed by atoms with Crippen LogP contribution in [0.1, 0.15) is 67.9 Å². The number of hydrogen-bond acceptors (Lipinski definition) is 1. The molecule has 4 aromatic carbocycles. The van der Waals surface area contributed by atoms with Crippen LogP contribution in [0.2, 0.25) is 0 Å². The van der Waals surface area contributed by atoms with E-state index in [0.29, 0.717) is 12.0 Å². The minimum absolute atomic E-state index is 0.313. The maximum Gasteiger partial charge on any atom is 0.0593 e. The normalized spacial score (nSPS) is 16.5. The van der Waals surface area contributed by atoms with Crippen molar-refractivity contribution in [3.63, 3.8) is 0 Å². The maximum absolute atomic E-state index is 2.65. The van der Waals surface area contributed by atoms with Crippen LogP contribution in [-0.2, 0) is 0 Å². The fourth-order valence-electron chi connectivity index (χ4n) is 6.45. The van der Waals surface area contributed by atoms with Crippen LogP contribution in [0, 0.1) is 13.8 Å². The first-order valence-corrected chi connectivity index (χ1v) is 14.6. The molecule has 2 heterocycles. The Bertz CT molecular complexity index is 1600. The summed E-state index contributed by atoms with van der Waals surface area (Å²) in [6.45, 7) is 13.5. The van der Waals surface area contributed by atoms with Crippen molar-refractivity contribution in [1.29, 1.82) is 0 Å². The van der Waals surface area contributed by atoms with E-state index in [1.807, 2.05) is 0 Å². The van der Waals surface area contributed by atoms with E-state index in [2.05, 4.69) is 150 Å². The zero-order chi connectivity index (χ0) is 28.0. The van der Waals surface area contributed by atoms with Gasteiger partial charge in [-0.25, -0.2) is 0 Å². The van der Waals surface area contributed by atoms with Crippen molar-refractivity contribution in [2.45, 2.75) is 59.9 Å². The van der Waals surface area contributed by atoms with E-state index >= 15 is 0 Å². The molecule has 0 spiro atoms. The minimum Gasteiger partial charge on any atom is -0.333 e. The second-order valence-electron chi connectivity index (χ2n) is 11.6. The number of rotatable bonds is 5. The number of hydrogen-bond donors (Lipinski definition) is 0. The predicted octanol–water partition coefficient (Wildman–Crippen LogP) is 10.7. The second-order valence-corrected chi connectivity index (χ2v) is 11.6. The molecule has 0 bridgehead atoms. The number of allylic oxidation sites excluding steroid dienone is 3. The SMILES string of the molecule is CC=CC1=C(C)C2CC=C(c3c(-c4ccccc4)cc(C(C)C)cc3-c3ccccc3)N2c2cc(C)c(C)cc21. The molecule has 1 unspecified atom stereocenters.